The van der Waals surface area contributed by atoms with E-state index in [4.69, 9.17) is 19.8 Å². The number of para-hydroxylation sites is 1. The van der Waals surface area contributed by atoms with E-state index in [0.717, 1.165) is 0 Å². The number of amides is 2. The number of ketones is 1. The number of hydroxylamine groups is 1. The van der Waals surface area contributed by atoms with Gasteiger partial charge in [-0.3, -0.25) is 20.1 Å². The second-order valence-corrected chi connectivity index (χ2v) is 7.63. The van der Waals surface area contributed by atoms with Gasteiger partial charge in [0.2, 0.25) is 0 Å². The molecule has 0 spiro atoms. The van der Waals surface area contributed by atoms with Crippen molar-refractivity contribution in [2.24, 2.45) is 5.92 Å². The van der Waals surface area contributed by atoms with Gasteiger partial charge < -0.3 is 14.6 Å². The van der Waals surface area contributed by atoms with Crippen LogP contribution in [-0.4, -0.2) is 41.3 Å². The lowest BCUT2D eigenvalue weighted by Gasteiger charge is -2.26. The predicted octanol–water partition coefficient (Wildman–Crippen LogP) is 4.03. The average Bonchev–Trinajstić information content (AvgIpc) is 2.84. The molecule has 2 aromatic carbocycles. The third kappa shape index (κ3) is 8.34. The maximum absolute atomic E-state index is 12.7. The lowest BCUT2D eigenvalue weighted by Crippen LogP contribution is -2.23. The van der Waals surface area contributed by atoms with E-state index in [1.807, 2.05) is 6.92 Å². The number of hydrogen-bond acceptors (Lipinski definition) is 7. The van der Waals surface area contributed by atoms with Crippen LogP contribution in [0.4, 0.5) is 10.5 Å². The average molecular weight is 471 g/mol. The van der Waals surface area contributed by atoms with Gasteiger partial charge in [-0.05, 0) is 56.0 Å². The van der Waals surface area contributed by atoms with Gasteiger partial charge in [0.05, 0.1) is 6.61 Å². The van der Waals surface area contributed by atoms with Gasteiger partial charge in [-0.1, -0.05) is 31.2 Å². The zero-order valence-electron chi connectivity index (χ0n) is 19.2. The van der Waals surface area contributed by atoms with E-state index < -0.39 is 18.1 Å². The van der Waals surface area contributed by atoms with E-state index in [1.54, 1.807) is 54.6 Å². The molecule has 0 unspecified atom stereocenters. The first kappa shape index (κ1) is 26.6. The molecule has 182 valence electrons. The summed E-state index contributed by atoms with van der Waals surface area (Å²) in [5, 5.41) is 20.4. The highest BCUT2D eigenvalue weighted by Gasteiger charge is 2.26. The van der Waals surface area contributed by atoms with Crippen LogP contribution < -0.4 is 15.5 Å². The Hall–Kier alpha value is -3.69. The van der Waals surface area contributed by atoms with Crippen molar-refractivity contribution in [1.29, 1.82) is 0 Å². The molecule has 0 saturated heterocycles. The first-order valence-electron chi connectivity index (χ1n) is 10.9. The van der Waals surface area contributed by atoms with Gasteiger partial charge in [0, 0.05) is 22.9 Å². The fraction of sp³-hybridized carbons (Fsp3) is 0.320. The summed E-state index contributed by atoms with van der Waals surface area (Å²) >= 11 is 0. The molecule has 0 aliphatic rings. The standard InChI is InChI=1S/C25H30N2O7/c1-17(7-3-6-10-23(30)27-32)24(21-8-4-5-9-22(21)33-16-15-28)34-25(31)26-20-13-11-19(12-14-20)18(2)29/h4-6,8-14,17,24,28,32H,3,7,15-16H2,1-2H3,(H,26,31)(H,27,30)/b10-6+/t17-,24-/m1/s1. The molecule has 0 fully saturated rings. The molecule has 2 atom stereocenters. The highest BCUT2D eigenvalue weighted by atomic mass is 16.6. The summed E-state index contributed by atoms with van der Waals surface area (Å²) < 4.78 is 11.4. The molecule has 0 saturated carbocycles. The van der Waals surface area contributed by atoms with Crippen LogP contribution in [0.5, 0.6) is 5.75 Å². The van der Waals surface area contributed by atoms with Crippen LogP contribution >= 0.6 is 0 Å². The van der Waals surface area contributed by atoms with Crippen molar-refractivity contribution in [3.8, 4) is 5.75 Å². The van der Waals surface area contributed by atoms with Gasteiger partial charge in [0.25, 0.3) is 5.91 Å². The van der Waals surface area contributed by atoms with Crippen LogP contribution in [0.15, 0.2) is 60.7 Å². The highest BCUT2D eigenvalue weighted by Crippen LogP contribution is 2.35. The van der Waals surface area contributed by atoms with Crippen molar-refractivity contribution in [1.82, 2.24) is 5.48 Å². The molecule has 2 amide bonds. The molecule has 0 aliphatic heterocycles. The Kier molecular flexibility index (Phi) is 10.8. The summed E-state index contributed by atoms with van der Waals surface area (Å²) in [4.78, 5) is 35.3. The predicted molar refractivity (Wildman–Crippen MR) is 126 cm³/mol. The summed E-state index contributed by atoms with van der Waals surface area (Å²) in [7, 11) is 0. The number of rotatable bonds is 12. The molecular formula is C25H30N2O7. The summed E-state index contributed by atoms with van der Waals surface area (Å²) in [5.74, 6) is -0.389. The maximum atomic E-state index is 12.7. The summed E-state index contributed by atoms with van der Waals surface area (Å²) in [6.07, 6.45) is 2.53. The number of carbonyl (C=O) groups is 3. The molecule has 0 heterocycles. The van der Waals surface area contributed by atoms with Crippen LogP contribution in [0.2, 0.25) is 0 Å². The number of anilines is 1. The summed E-state index contributed by atoms with van der Waals surface area (Å²) in [6.45, 7) is 3.29. The summed E-state index contributed by atoms with van der Waals surface area (Å²) in [5.41, 5.74) is 3.18. The van der Waals surface area contributed by atoms with Crippen molar-refractivity contribution in [2.45, 2.75) is 32.8 Å². The van der Waals surface area contributed by atoms with Gasteiger partial charge in [-0.25, -0.2) is 10.3 Å². The number of aliphatic hydroxyl groups is 1. The molecule has 4 N–H and O–H groups in total. The topological polar surface area (TPSA) is 134 Å². The van der Waals surface area contributed by atoms with Crippen LogP contribution in [0.25, 0.3) is 0 Å². The van der Waals surface area contributed by atoms with E-state index in [0.29, 0.717) is 35.4 Å². The Morgan fingerprint density at radius 2 is 1.79 bits per heavy atom. The molecule has 34 heavy (non-hydrogen) atoms. The number of aliphatic hydroxyl groups excluding tert-OH is 1. The Labute approximate surface area is 198 Å². The molecule has 0 radical (unpaired) electrons. The van der Waals surface area contributed by atoms with Gasteiger partial charge in [-0.2, -0.15) is 0 Å². The zero-order chi connectivity index (χ0) is 24.9. The molecule has 9 nitrogen and oxygen atoms in total. The second-order valence-electron chi connectivity index (χ2n) is 7.63. The fourth-order valence-corrected chi connectivity index (χ4v) is 3.28. The lowest BCUT2D eigenvalue weighted by molar-refractivity contribution is -0.124. The molecule has 9 heteroatoms. The number of carbonyl (C=O) groups excluding carboxylic acids is 3. The van der Waals surface area contributed by atoms with Crippen molar-refractivity contribution in [2.75, 3.05) is 18.5 Å². The molecule has 0 aliphatic carbocycles. The first-order valence-corrected chi connectivity index (χ1v) is 10.9. The number of allylic oxidation sites excluding steroid dienone is 1. The van der Waals surface area contributed by atoms with Gasteiger partial charge in [0.1, 0.15) is 18.5 Å². The minimum Gasteiger partial charge on any atom is -0.491 e. The van der Waals surface area contributed by atoms with Gasteiger partial charge in [0.15, 0.2) is 5.78 Å². The Morgan fingerprint density at radius 3 is 2.44 bits per heavy atom. The molecule has 2 rings (SSSR count). The monoisotopic (exact) mass is 470 g/mol. The van der Waals surface area contributed by atoms with Crippen molar-refractivity contribution < 1.29 is 34.2 Å². The van der Waals surface area contributed by atoms with Crippen molar-refractivity contribution in [3.05, 3.63) is 71.8 Å². The molecule has 2 aromatic rings. The van der Waals surface area contributed by atoms with Crippen LogP contribution in [0, 0.1) is 5.92 Å². The second kappa shape index (κ2) is 13.8. The van der Waals surface area contributed by atoms with E-state index >= 15 is 0 Å². The van der Waals surface area contributed by atoms with Crippen LogP contribution in [0.3, 0.4) is 0 Å². The number of Topliss-reactive ketones (excluding diaryl/α,β-unsaturated/α-hetero) is 1. The number of hydrogen-bond donors (Lipinski definition) is 4. The van der Waals surface area contributed by atoms with Gasteiger partial charge >= 0.3 is 6.09 Å². The van der Waals surface area contributed by atoms with E-state index in [9.17, 15) is 14.4 Å². The van der Waals surface area contributed by atoms with Gasteiger partial charge in [-0.15, -0.1) is 0 Å². The normalized spacial score (nSPS) is 12.6. The van der Waals surface area contributed by atoms with E-state index in [-0.39, 0.29) is 24.9 Å². The first-order chi connectivity index (χ1) is 16.3. The Bertz CT molecular complexity index is 989. The molecular weight excluding hydrogens is 440 g/mol. The smallest absolute Gasteiger partial charge is 0.412 e. The summed E-state index contributed by atoms with van der Waals surface area (Å²) in [6, 6.07) is 13.6. The molecule has 0 bridgehead atoms. The third-order valence-corrected chi connectivity index (χ3v) is 5.03. The third-order valence-electron chi connectivity index (χ3n) is 5.03. The van der Waals surface area contributed by atoms with Crippen LogP contribution in [0.1, 0.15) is 48.7 Å². The minimum atomic E-state index is -0.688. The van der Waals surface area contributed by atoms with Crippen LogP contribution in [-0.2, 0) is 9.53 Å². The SMILES string of the molecule is CC(=O)c1ccc(NC(=O)O[C@@H](c2ccccc2OCCO)[C@H](C)CC/C=C/C(=O)NO)cc1. The minimum absolute atomic E-state index is 0.0759. The number of benzene rings is 2. The quantitative estimate of drug-likeness (QED) is 0.159. The molecule has 0 aromatic heterocycles. The maximum Gasteiger partial charge on any atom is 0.412 e. The van der Waals surface area contributed by atoms with E-state index in [1.165, 1.54) is 18.5 Å². The van der Waals surface area contributed by atoms with E-state index in [2.05, 4.69) is 5.32 Å². The van der Waals surface area contributed by atoms with Crippen molar-refractivity contribution >= 4 is 23.5 Å². The lowest BCUT2D eigenvalue weighted by atomic mass is 9.92. The Balaban J connectivity index is 2.19. The zero-order valence-corrected chi connectivity index (χ0v) is 19.2. The highest BCUT2D eigenvalue weighted by molar-refractivity contribution is 5.95. The Morgan fingerprint density at radius 1 is 1.09 bits per heavy atom. The number of ether oxygens (including phenoxy) is 2. The largest absolute Gasteiger partial charge is 0.491 e. The number of nitrogens with one attached hydrogen (secondary N) is 2. The fourth-order valence-electron chi connectivity index (χ4n) is 3.28. The van der Waals surface area contributed by atoms with Crippen molar-refractivity contribution in [3.63, 3.8) is 0 Å².